The van der Waals surface area contributed by atoms with Gasteiger partial charge in [-0.25, -0.2) is 0 Å². The number of amides is 1. The zero-order chi connectivity index (χ0) is 19.7. The maximum atomic E-state index is 13.4. The standard InChI is InChI=1S/C23H23N3O2/c1-16-22(23(27)25(13-12-24)18-8-9-18)20-14-19(28-2)10-11-21(20)26(16)15-17-6-4-3-5-7-17/h3-7,10-11,14,18H,8-9,13,15H2,1-2H3. The van der Waals surface area contributed by atoms with E-state index in [2.05, 4.69) is 22.8 Å². The van der Waals surface area contributed by atoms with E-state index < -0.39 is 0 Å². The van der Waals surface area contributed by atoms with Gasteiger partial charge in [-0.05, 0) is 43.5 Å². The lowest BCUT2D eigenvalue weighted by atomic mass is 10.1. The van der Waals surface area contributed by atoms with E-state index in [9.17, 15) is 10.1 Å². The van der Waals surface area contributed by atoms with Crippen molar-refractivity contribution in [1.29, 1.82) is 5.26 Å². The van der Waals surface area contributed by atoms with Gasteiger partial charge in [0.05, 0.1) is 18.7 Å². The lowest BCUT2D eigenvalue weighted by molar-refractivity contribution is 0.0766. The molecule has 0 atom stereocenters. The molecule has 0 bridgehead atoms. The number of methoxy groups -OCH3 is 1. The first-order valence-corrected chi connectivity index (χ1v) is 9.52. The lowest BCUT2D eigenvalue weighted by Gasteiger charge is -2.19. The van der Waals surface area contributed by atoms with Crippen molar-refractivity contribution in [2.24, 2.45) is 0 Å². The Labute approximate surface area is 164 Å². The molecule has 0 radical (unpaired) electrons. The van der Waals surface area contributed by atoms with Crippen LogP contribution < -0.4 is 4.74 Å². The zero-order valence-corrected chi connectivity index (χ0v) is 16.2. The number of benzene rings is 2. The second-order valence-electron chi connectivity index (χ2n) is 7.24. The molecular formula is C23H23N3O2. The number of carbonyl (C=O) groups is 1. The highest BCUT2D eigenvalue weighted by Gasteiger charge is 2.35. The summed E-state index contributed by atoms with van der Waals surface area (Å²) in [6.07, 6.45) is 1.94. The van der Waals surface area contributed by atoms with Gasteiger partial charge in [-0.2, -0.15) is 5.26 Å². The first-order valence-electron chi connectivity index (χ1n) is 9.52. The maximum absolute atomic E-state index is 13.4. The molecule has 142 valence electrons. The van der Waals surface area contributed by atoms with Gasteiger partial charge in [0.25, 0.3) is 5.91 Å². The van der Waals surface area contributed by atoms with Gasteiger partial charge in [0.1, 0.15) is 12.3 Å². The Hall–Kier alpha value is -3.26. The molecule has 0 saturated heterocycles. The smallest absolute Gasteiger partial charge is 0.257 e. The highest BCUT2D eigenvalue weighted by Crippen LogP contribution is 2.34. The predicted octanol–water partition coefficient (Wildman–Crippen LogP) is 4.13. The fraction of sp³-hybridized carbons (Fsp3) is 0.304. The number of fused-ring (bicyclic) bond motifs is 1. The van der Waals surface area contributed by atoms with E-state index in [-0.39, 0.29) is 18.5 Å². The van der Waals surface area contributed by atoms with E-state index in [1.54, 1.807) is 12.0 Å². The number of nitrogens with zero attached hydrogens (tertiary/aromatic N) is 3. The van der Waals surface area contributed by atoms with Crippen LogP contribution in [0.4, 0.5) is 0 Å². The molecule has 1 fully saturated rings. The molecule has 1 heterocycles. The minimum absolute atomic E-state index is 0.0633. The normalized spacial score (nSPS) is 13.3. The molecular weight excluding hydrogens is 350 g/mol. The van der Waals surface area contributed by atoms with Gasteiger partial charge >= 0.3 is 0 Å². The van der Waals surface area contributed by atoms with Crippen molar-refractivity contribution in [3.05, 3.63) is 65.4 Å². The van der Waals surface area contributed by atoms with Crippen LogP contribution in [0.25, 0.3) is 10.9 Å². The molecule has 1 amide bonds. The van der Waals surface area contributed by atoms with Gasteiger partial charge in [-0.1, -0.05) is 30.3 Å². The summed E-state index contributed by atoms with van der Waals surface area (Å²) in [5.41, 5.74) is 3.76. The van der Waals surface area contributed by atoms with Gasteiger partial charge in [0.15, 0.2) is 0 Å². The van der Waals surface area contributed by atoms with Gasteiger partial charge in [0.2, 0.25) is 0 Å². The highest BCUT2D eigenvalue weighted by molar-refractivity contribution is 6.09. The predicted molar refractivity (Wildman–Crippen MR) is 108 cm³/mol. The van der Waals surface area contributed by atoms with Crippen LogP contribution in [0.2, 0.25) is 0 Å². The summed E-state index contributed by atoms with van der Waals surface area (Å²) in [6, 6.07) is 18.4. The fourth-order valence-corrected chi connectivity index (χ4v) is 3.80. The molecule has 28 heavy (non-hydrogen) atoms. The molecule has 0 spiro atoms. The highest BCUT2D eigenvalue weighted by atomic mass is 16.5. The van der Waals surface area contributed by atoms with Crippen LogP contribution in [0, 0.1) is 18.3 Å². The Morgan fingerprint density at radius 2 is 2.00 bits per heavy atom. The van der Waals surface area contributed by atoms with Crippen molar-refractivity contribution in [1.82, 2.24) is 9.47 Å². The van der Waals surface area contributed by atoms with Crippen molar-refractivity contribution in [2.75, 3.05) is 13.7 Å². The van der Waals surface area contributed by atoms with Crippen molar-refractivity contribution in [2.45, 2.75) is 32.4 Å². The molecule has 4 rings (SSSR count). The number of hydrogen-bond donors (Lipinski definition) is 0. The Bertz CT molecular complexity index is 1060. The van der Waals surface area contributed by atoms with Crippen molar-refractivity contribution in [3.63, 3.8) is 0 Å². The van der Waals surface area contributed by atoms with Gasteiger partial charge in [-0.15, -0.1) is 0 Å². The van der Waals surface area contributed by atoms with E-state index in [0.717, 1.165) is 35.2 Å². The van der Waals surface area contributed by atoms with Crippen LogP contribution in [-0.2, 0) is 6.54 Å². The molecule has 0 aliphatic heterocycles. The molecule has 1 aliphatic carbocycles. The minimum atomic E-state index is -0.0633. The van der Waals surface area contributed by atoms with E-state index in [0.29, 0.717) is 12.1 Å². The molecule has 1 aliphatic rings. The Morgan fingerprint density at radius 1 is 1.25 bits per heavy atom. The molecule has 3 aromatic rings. The monoisotopic (exact) mass is 373 g/mol. The maximum Gasteiger partial charge on any atom is 0.257 e. The summed E-state index contributed by atoms with van der Waals surface area (Å²) in [5.74, 6) is 0.656. The van der Waals surface area contributed by atoms with Crippen molar-refractivity contribution in [3.8, 4) is 11.8 Å². The third-order valence-corrected chi connectivity index (χ3v) is 5.42. The van der Waals surface area contributed by atoms with E-state index in [4.69, 9.17) is 4.74 Å². The summed E-state index contributed by atoms with van der Waals surface area (Å²) in [4.78, 5) is 15.2. The first kappa shape index (κ1) is 18.1. The Balaban J connectivity index is 1.86. The summed E-state index contributed by atoms with van der Waals surface area (Å²) in [7, 11) is 1.63. The van der Waals surface area contributed by atoms with Crippen LogP contribution in [0.1, 0.15) is 34.5 Å². The zero-order valence-electron chi connectivity index (χ0n) is 16.2. The minimum Gasteiger partial charge on any atom is -0.497 e. The third kappa shape index (κ3) is 3.22. The number of hydrogen-bond acceptors (Lipinski definition) is 3. The summed E-state index contributed by atoms with van der Waals surface area (Å²) >= 11 is 0. The summed E-state index contributed by atoms with van der Waals surface area (Å²) in [6.45, 7) is 2.79. The second kappa shape index (κ2) is 7.40. The van der Waals surface area contributed by atoms with E-state index in [1.165, 1.54) is 5.56 Å². The van der Waals surface area contributed by atoms with E-state index in [1.807, 2.05) is 43.3 Å². The number of ether oxygens (including phenoxy) is 1. The van der Waals surface area contributed by atoms with E-state index >= 15 is 0 Å². The Kier molecular flexibility index (Phi) is 4.79. The number of rotatable bonds is 6. The van der Waals surface area contributed by atoms with Crippen LogP contribution >= 0.6 is 0 Å². The van der Waals surface area contributed by atoms with Gasteiger partial charge < -0.3 is 14.2 Å². The SMILES string of the molecule is COc1ccc2c(c1)c(C(=O)N(CC#N)C1CC1)c(C)n2Cc1ccccc1. The quantitative estimate of drug-likeness (QED) is 0.610. The first-order chi connectivity index (χ1) is 13.6. The third-order valence-electron chi connectivity index (χ3n) is 5.42. The Morgan fingerprint density at radius 3 is 2.64 bits per heavy atom. The topological polar surface area (TPSA) is 58.3 Å². The molecule has 5 nitrogen and oxygen atoms in total. The van der Waals surface area contributed by atoms with Gasteiger partial charge in [-0.3, -0.25) is 4.79 Å². The van der Waals surface area contributed by atoms with Crippen molar-refractivity contribution >= 4 is 16.8 Å². The number of nitriles is 1. The van der Waals surface area contributed by atoms with Gasteiger partial charge in [0, 0.05) is 29.2 Å². The van der Waals surface area contributed by atoms with Crippen molar-refractivity contribution < 1.29 is 9.53 Å². The second-order valence-corrected chi connectivity index (χ2v) is 7.24. The summed E-state index contributed by atoms with van der Waals surface area (Å²) in [5, 5.41) is 10.1. The van der Waals surface area contributed by atoms with Crippen LogP contribution in [0.3, 0.4) is 0 Å². The largest absolute Gasteiger partial charge is 0.497 e. The molecule has 0 unspecified atom stereocenters. The molecule has 1 saturated carbocycles. The number of aromatic nitrogens is 1. The van der Waals surface area contributed by atoms with Crippen LogP contribution in [0.5, 0.6) is 5.75 Å². The fourth-order valence-electron chi connectivity index (χ4n) is 3.80. The molecule has 5 heteroatoms. The molecule has 2 aromatic carbocycles. The average molecular weight is 373 g/mol. The molecule has 1 aromatic heterocycles. The average Bonchev–Trinajstić information content (AvgIpc) is 3.52. The lowest BCUT2D eigenvalue weighted by Crippen LogP contribution is -2.33. The summed E-state index contributed by atoms with van der Waals surface area (Å²) < 4.78 is 7.58. The van der Waals surface area contributed by atoms with Crippen LogP contribution in [-0.4, -0.2) is 35.1 Å². The van der Waals surface area contributed by atoms with Crippen LogP contribution in [0.15, 0.2) is 48.5 Å². The number of carbonyl (C=O) groups excluding carboxylic acids is 1. The molecule has 0 N–H and O–H groups in total.